The molecule has 0 spiro atoms. The molecule has 1 aliphatic rings. The average molecular weight is 414 g/mol. The molecule has 1 aromatic heterocycles. The van der Waals surface area contributed by atoms with Crippen molar-refractivity contribution >= 4 is 29.2 Å². The van der Waals surface area contributed by atoms with Gasteiger partial charge in [0.1, 0.15) is 5.75 Å². The smallest absolute Gasteiger partial charge is 0.349 e. The lowest BCUT2D eigenvalue weighted by atomic mass is 10.2. The number of rotatable bonds is 4. The van der Waals surface area contributed by atoms with Gasteiger partial charge in [0.25, 0.3) is 5.89 Å². The zero-order valence-electron chi connectivity index (χ0n) is 15.4. The average Bonchev–Trinajstić information content (AvgIpc) is 3.20. The molecule has 0 N–H and O–H groups in total. The maximum absolute atomic E-state index is 12.5. The van der Waals surface area contributed by atoms with Crippen molar-refractivity contribution in [2.24, 2.45) is 0 Å². The molecule has 1 aliphatic heterocycles. The number of benzene rings is 2. The molecule has 148 valence electrons. The number of hydrogen-bond donors (Lipinski definition) is 0. The topological polar surface area (TPSA) is 94.8 Å². The summed E-state index contributed by atoms with van der Waals surface area (Å²) in [6, 6.07) is 14.0. The number of carbonyl (C=O) groups is 2. The molecule has 1 amide bonds. The summed E-state index contributed by atoms with van der Waals surface area (Å²) in [5, 5.41) is 4.41. The molecule has 4 rings (SSSR count). The molecule has 29 heavy (non-hydrogen) atoms. The summed E-state index contributed by atoms with van der Waals surface area (Å²) in [4.78, 5) is 30.1. The van der Waals surface area contributed by atoms with Crippen LogP contribution in [-0.2, 0) is 20.9 Å². The first kappa shape index (κ1) is 18.9. The molecule has 2 heterocycles. The second kappa shape index (κ2) is 7.92. The molecular formula is C20H16ClN3O5. The number of carbonyl (C=O) groups excluding carboxylic acids is 2. The maximum Gasteiger partial charge on any atom is 0.349 e. The number of hydrogen-bond acceptors (Lipinski definition) is 7. The fourth-order valence-electron chi connectivity index (χ4n) is 2.94. The number of amides is 1. The third-order valence-corrected chi connectivity index (χ3v) is 4.54. The summed E-state index contributed by atoms with van der Waals surface area (Å²) < 4.78 is 16.1. The zero-order valence-corrected chi connectivity index (χ0v) is 16.1. The van der Waals surface area contributed by atoms with E-state index in [0.29, 0.717) is 27.8 Å². The first-order valence-electron chi connectivity index (χ1n) is 8.80. The SMILES string of the molecule is CC(=O)N1C[C@H](C(=O)OCc2nc(-c3cccc(Cl)c3)no2)Oc2ccccc21. The molecule has 0 saturated carbocycles. The Balaban J connectivity index is 1.42. The van der Waals surface area contributed by atoms with E-state index >= 15 is 0 Å². The van der Waals surface area contributed by atoms with Crippen LogP contribution in [0.15, 0.2) is 53.1 Å². The fraction of sp³-hybridized carbons (Fsp3) is 0.200. The lowest BCUT2D eigenvalue weighted by molar-refractivity contribution is -0.154. The summed E-state index contributed by atoms with van der Waals surface area (Å²) >= 11 is 5.96. The number of para-hydroxylation sites is 2. The van der Waals surface area contributed by atoms with Gasteiger partial charge in [0.15, 0.2) is 6.61 Å². The quantitative estimate of drug-likeness (QED) is 0.606. The summed E-state index contributed by atoms with van der Waals surface area (Å²) in [7, 11) is 0. The second-order valence-corrected chi connectivity index (χ2v) is 6.77. The largest absolute Gasteiger partial charge is 0.475 e. The van der Waals surface area contributed by atoms with Gasteiger partial charge in [0.2, 0.25) is 17.8 Å². The van der Waals surface area contributed by atoms with Crippen LogP contribution in [-0.4, -0.2) is 34.7 Å². The van der Waals surface area contributed by atoms with Crippen LogP contribution in [0.1, 0.15) is 12.8 Å². The Labute approximate surface area is 171 Å². The van der Waals surface area contributed by atoms with Crippen molar-refractivity contribution in [1.82, 2.24) is 10.1 Å². The van der Waals surface area contributed by atoms with Gasteiger partial charge < -0.3 is 18.9 Å². The predicted octanol–water partition coefficient (Wildman–Crippen LogP) is 3.25. The summed E-state index contributed by atoms with van der Waals surface area (Å²) in [6.07, 6.45) is -0.955. The third kappa shape index (κ3) is 4.07. The number of ether oxygens (including phenoxy) is 2. The van der Waals surface area contributed by atoms with Gasteiger partial charge in [-0.05, 0) is 24.3 Å². The number of aromatic nitrogens is 2. The van der Waals surface area contributed by atoms with E-state index in [1.807, 2.05) is 0 Å². The van der Waals surface area contributed by atoms with E-state index in [9.17, 15) is 9.59 Å². The van der Waals surface area contributed by atoms with Gasteiger partial charge in [-0.2, -0.15) is 4.98 Å². The van der Waals surface area contributed by atoms with Gasteiger partial charge in [0, 0.05) is 17.5 Å². The fourth-order valence-corrected chi connectivity index (χ4v) is 3.13. The summed E-state index contributed by atoms with van der Waals surface area (Å²) in [5.41, 5.74) is 1.30. The number of esters is 1. The predicted molar refractivity (Wildman–Crippen MR) is 103 cm³/mol. The molecule has 1 atom stereocenters. The monoisotopic (exact) mass is 413 g/mol. The standard InChI is InChI=1S/C20H16ClN3O5/c1-12(25)24-10-17(28-16-8-3-2-7-15(16)24)20(26)27-11-18-22-19(23-29-18)13-5-4-6-14(21)9-13/h2-9,17H,10-11H2,1H3/t17-/m1/s1. The molecule has 0 fully saturated rings. The maximum atomic E-state index is 12.5. The molecule has 3 aromatic rings. The van der Waals surface area contributed by atoms with Crippen molar-refractivity contribution in [1.29, 1.82) is 0 Å². The van der Waals surface area contributed by atoms with E-state index in [0.717, 1.165) is 0 Å². The lowest BCUT2D eigenvalue weighted by Gasteiger charge is -2.32. The molecular weight excluding hydrogens is 398 g/mol. The van der Waals surface area contributed by atoms with Crippen LogP contribution < -0.4 is 9.64 Å². The molecule has 0 aliphatic carbocycles. The number of fused-ring (bicyclic) bond motifs is 1. The van der Waals surface area contributed by atoms with E-state index < -0.39 is 12.1 Å². The highest BCUT2D eigenvalue weighted by Gasteiger charge is 2.33. The molecule has 8 nitrogen and oxygen atoms in total. The summed E-state index contributed by atoms with van der Waals surface area (Å²) in [5.74, 6) is 0.0870. The van der Waals surface area contributed by atoms with E-state index in [1.54, 1.807) is 48.5 Å². The van der Waals surface area contributed by atoms with Gasteiger partial charge in [0.05, 0.1) is 12.2 Å². The molecule has 2 aromatic carbocycles. The minimum Gasteiger partial charge on any atom is -0.475 e. The van der Waals surface area contributed by atoms with Crippen molar-refractivity contribution in [3.05, 3.63) is 59.4 Å². The zero-order chi connectivity index (χ0) is 20.4. The minimum absolute atomic E-state index is 0.0583. The first-order valence-corrected chi connectivity index (χ1v) is 9.18. The van der Waals surface area contributed by atoms with Gasteiger partial charge in [-0.25, -0.2) is 4.79 Å². The van der Waals surface area contributed by atoms with Crippen molar-refractivity contribution in [2.45, 2.75) is 19.6 Å². The van der Waals surface area contributed by atoms with Crippen LogP contribution in [0.25, 0.3) is 11.4 Å². The van der Waals surface area contributed by atoms with Crippen LogP contribution in [0.2, 0.25) is 5.02 Å². The van der Waals surface area contributed by atoms with Crippen LogP contribution in [0.4, 0.5) is 5.69 Å². The highest BCUT2D eigenvalue weighted by atomic mass is 35.5. The Morgan fingerprint density at radius 3 is 2.86 bits per heavy atom. The third-order valence-electron chi connectivity index (χ3n) is 4.31. The van der Waals surface area contributed by atoms with Crippen LogP contribution in [0.5, 0.6) is 5.75 Å². The van der Waals surface area contributed by atoms with Crippen molar-refractivity contribution in [3.63, 3.8) is 0 Å². The Bertz CT molecular complexity index is 1070. The highest BCUT2D eigenvalue weighted by molar-refractivity contribution is 6.30. The molecule has 0 bridgehead atoms. The molecule has 0 saturated heterocycles. The lowest BCUT2D eigenvalue weighted by Crippen LogP contribution is -2.47. The van der Waals surface area contributed by atoms with Crippen LogP contribution in [0.3, 0.4) is 0 Å². The minimum atomic E-state index is -0.955. The second-order valence-electron chi connectivity index (χ2n) is 6.33. The van der Waals surface area contributed by atoms with Gasteiger partial charge in [-0.15, -0.1) is 0 Å². The van der Waals surface area contributed by atoms with Gasteiger partial charge in [-0.3, -0.25) is 4.79 Å². The first-order chi connectivity index (χ1) is 14.0. The van der Waals surface area contributed by atoms with E-state index in [-0.39, 0.29) is 24.9 Å². The Hall–Kier alpha value is -3.39. The Morgan fingerprint density at radius 2 is 2.07 bits per heavy atom. The van der Waals surface area contributed by atoms with Crippen LogP contribution in [0, 0.1) is 0 Å². The van der Waals surface area contributed by atoms with Gasteiger partial charge >= 0.3 is 5.97 Å². The van der Waals surface area contributed by atoms with E-state index in [1.165, 1.54) is 11.8 Å². The molecule has 0 radical (unpaired) electrons. The van der Waals surface area contributed by atoms with Crippen molar-refractivity contribution < 1.29 is 23.6 Å². The number of halogens is 1. The Morgan fingerprint density at radius 1 is 1.24 bits per heavy atom. The summed E-state index contributed by atoms with van der Waals surface area (Å²) in [6.45, 7) is 1.27. The van der Waals surface area contributed by atoms with Gasteiger partial charge in [-0.1, -0.05) is 41.0 Å². The Kier molecular flexibility index (Phi) is 5.18. The molecule has 9 heteroatoms. The van der Waals surface area contributed by atoms with E-state index in [2.05, 4.69) is 10.1 Å². The molecule has 0 unspecified atom stereocenters. The highest BCUT2D eigenvalue weighted by Crippen LogP contribution is 2.33. The van der Waals surface area contributed by atoms with Crippen LogP contribution >= 0.6 is 11.6 Å². The number of nitrogens with zero attached hydrogens (tertiary/aromatic N) is 3. The van der Waals surface area contributed by atoms with Crippen molar-refractivity contribution in [3.8, 4) is 17.1 Å². The number of anilines is 1. The van der Waals surface area contributed by atoms with E-state index in [4.69, 9.17) is 25.6 Å². The normalized spacial score (nSPS) is 15.4. The van der Waals surface area contributed by atoms with Crippen molar-refractivity contribution in [2.75, 3.05) is 11.4 Å².